The van der Waals surface area contributed by atoms with Crippen LogP contribution >= 0.6 is 0 Å². The fraction of sp³-hybridized carbons (Fsp3) is 0.292. The summed E-state index contributed by atoms with van der Waals surface area (Å²) >= 11 is 0. The zero-order valence-electron chi connectivity index (χ0n) is 16.3. The zero-order chi connectivity index (χ0) is 19.3. The van der Waals surface area contributed by atoms with Gasteiger partial charge in [-0.25, -0.2) is 0 Å². The Bertz CT molecular complexity index is 997. The van der Waals surface area contributed by atoms with E-state index in [0.717, 1.165) is 35.2 Å². The highest BCUT2D eigenvalue weighted by atomic mass is 16.5. The third-order valence-corrected chi connectivity index (χ3v) is 5.29. The lowest BCUT2D eigenvalue weighted by molar-refractivity contribution is 0.104. The molecule has 4 rings (SSSR count). The van der Waals surface area contributed by atoms with Crippen LogP contribution in [0.15, 0.2) is 54.7 Å². The molecule has 0 aliphatic carbocycles. The molecule has 0 unspecified atom stereocenters. The molecule has 1 saturated heterocycles. The van der Waals surface area contributed by atoms with Crippen molar-refractivity contribution in [3.8, 4) is 5.75 Å². The van der Waals surface area contributed by atoms with E-state index in [2.05, 4.69) is 16.0 Å². The number of allylic oxidation sites excluding steroid dienone is 1. The maximum atomic E-state index is 13.0. The van der Waals surface area contributed by atoms with Crippen molar-refractivity contribution >= 4 is 28.4 Å². The van der Waals surface area contributed by atoms with Gasteiger partial charge >= 0.3 is 0 Å². The first-order chi connectivity index (χ1) is 13.8. The smallest absolute Gasteiger partial charge is 0.189 e. The fourth-order valence-corrected chi connectivity index (χ4v) is 3.91. The number of anilines is 1. The molecule has 0 spiro atoms. The number of benzene rings is 2. The minimum absolute atomic E-state index is 0.0325. The van der Waals surface area contributed by atoms with Crippen LogP contribution < -0.4 is 9.64 Å². The van der Waals surface area contributed by atoms with Crippen LogP contribution in [0.2, 0.25) is 0 Å². The molecule has 1 N–H and O–H groups in total. The highest BCUT2D eigenvalue weighted by Gasteiger charge is 2.20. The second-order valence-electron chi connectivity index (χ2n) is 7.12. The molecule has 1 aromatic heterocycles. The topological polar surface area (TPSA) is 45.3 Å². The van der Waals surface area contributed by atoms with Crippen molar-refractivity contribution in [2.45, 2.75) is 26.2 Å². The van der Waals surface area contributed by atoms with Gasteiger partial charge in [-0.15, -0.1) is 0 Å². The maximum absolute atomic E-state index is 13.0. The van der Waals surface area contributed by atoms with E-state index in [4.69, 9.17) is 4.74 Å². The van der Waals surface area contributed by atoms with E-state index in [1.165, 1.54) is 19.3 Å². The number of rotatable bonds is 6. The molecule has 0 bridgehead atoms. The van der Waals surface area contributed by atoms with Crippen LogP contribution in [0.5, 0.6) is 5.75 Å². The van der Waals surface area contributed by atoms with Gasteiger partial charge in [0.05, 0.1) is 17.9 Å². The third kappa shape index (κ3) is 3.68. The summed E-state index contributed by atoms with van der Waals surface area (Å²) in [5.41, 5.74) is 3.75. The molecule has 0 atom stereocenters. The van der Waals surface area contributed by atoms with Gasteiger partial charge in [-0.2, -0.15) is 0 Å². The number of carbonyl (C=O) groups excluding carboxylic acids is 1. The van der Waals surface area contributed by atoms with Gasteiger partial charge in [-0.05, 0) is 62.1 Å². The Kier molecular flexibility index (Phi) is 5.47. The van der Waals surface area contributed by atoms with Crippen LogP contribution in [-0.2, 0) is 0 Å². The van der Waals surface area contributed by atoms with Crippen molar-refractivity contribution < 1.29 is 9.53 Å². The minimum Gasteiger partial charge on any atom is -0.491 e. The minimum atomic E-state index is -0.0325. The molecule has 0 radical (unpaired) electrons. The van der Waals surface area contributed by atoms with Gasteiger partial charge in [0.15, 0.2) is 11.5 Å². The first kappa shape index (κ1) is 18.4. The van der Waals surface area contributed by atoms with Crippen molar-refractivity contribution in [1.29, 1.82) is 0 Å². The summed E-state index contributed by atoms with van der Waals surface area (Å²) in [6.07, 6.45) is 9.10. The summed E-state index contributed by atoms with van der Waals surface area (Å²) in [6, 6.07) is 14.0. The van der Waals surface area contributed by atoms with Crippen LogP contribution in [-0.4, -0.2) is 30.5 Å². The normalized spacial score (nSPS) is 14.7. The van der Waals surface area contributed by atoms with Crippen molar-refractivity contribution in [3.05, 3.63) is 65.9 Å². The van der Waals surface area contributed by atoms with Crippen LogP contribution in [0.1, 0.15) is 42.1 Å². The number of aromatic nitrogens is 1. The number of hydrogen-bond donors (Lipinski definition) is 1. The van der Waals surface area contributed by atoms with E-state index in [9.17, 15) is 4.79 Å². The molecule has 1 aliphatic heterocycles. The van der Waals surface area contributed by atoms with Gasteiger partial charge in [0.2, 0.25) is 0 Å². The second-order valence-corrected chi connectivity index (χ2v) is 7.12. The standard InChI is InChI=1S/C24H26N2O2/c1-2-28-24-20(9-7-11-22(24)26-16-4-3-5-17-26)23(27)13-12-18-8-6-10-21-19(18)14-15-25-21/h6-15,25H,2-5,16-17H2,1H3. The Morgan fingerprint density at radius 3 is 2.75 bits per heavy atom. The number of fused-ring (bicyclic) bond motifs is 1. The number of H-pyrrole nitrogens is 1. The monoisotopic (exact) mass is 374 g/mol. The Balaban J connectivity index is 1.65. The molecule has 4 heteroatoms. The molecule has 1 fully saturated rings. The van der Waals surface area contributed by atoms with Gasteiger partial charge in [0.1, 0.15) is 0 Å². The predicted molar refractivity (Wildman–Crippen MR) is 115 cm³/mol. The lowest BCUT2D eigenvalue weighted by Gasteiger charge is -2.30. The van der Waals surface area contributed by atoms with Gasteiger partial charge < -0.3 is 14.6 Å². The van der Waals surface area contributed by atoms with Gasteiger partial charge in [0.25, 0.3) is 0 Å². The molecule has 144 valence electrons. The number of ether oxygens (including phenoxy) is 1. The highest BCUT2D eigenvalue weighted by molar-refractivity contribution is 6.10. The zero-order valence-corrected chi connectivity index (χ0v) is 16.3. The van der Waals surface area contributed by atoms with Crippen LogP contribution in [0.25, 0.3) is 17.0 Å². The Morgan fingerprint density at radius 1 is 1.11 bits per heavy atom. The van der Waals surface area contributed by atoms with Gasteiger partial charge in [0, 0.05) is 30.2 Å². The number of nitrogens with zero attached hydrogens (tertiary/aromatic N) is 1. The Labute approximate surface area is 165 Å². The first-order valence-corrected chi connectivity index (χ1v) is 10.1. The summed E-state index contributed by atoms with van der Waals surface area (Å²) in [7, 11) is 0. The number of aromatic amines is 1. The average molecular weight is 374 g/mol. The van der Waals surface area contributed by atoms with Gasteiger partial charge in [-0.1, -0.05) is 24.3 Å². The van der Waals surface area contributed by atoms with Crippen molar-refractivity contribution in [1.82, 2.24) is 4.98 Å². The van der Waals surface area contributed by atoms with Gasteiger partial charge in [-0.3, -0.25) is 4.79 Å². The quantitative estimate of drug-likeness (QED) is 0.461. The van der Waals surface area contributed by atoms with E-state index in [0.29, 0.717) is 17.9 Å². The number of para-hydroxylation sites is 1. The number of hydrogen-bond acceptors (Lipinski definition) is 3. The van der Waals surface area contributed by atoms with Crippen LogP contribution in [0.3, 0.4) is 0 Å². The molecule has 2 aromatic carbocycles. The largest absolute Gasteiger partial charge is 0.491 e. The third-order valence-electron chi connectivity index (χ3n) is 5.29. The molecule has 1 aliphatic rings. The van der Waals surface area contributed by atoms with E-state index in [1.54, 1.807) is 6.08 Å². The molecule has 3 aromatic rings. The molecule has 4 nitrogen and oxygen atoms in total. The van der Waals surface area contributed by atoms with Crippen molar-refractivity contribution in [3.63, 3.8) is 0 Å². The van der Waals surface area contributed by atoms with Crippen LogP contribution in [0.4, 0.5) is 5.69 Å². The fourth-order valence-electron chi connectivity index (χ4n) is 3.91. The summed E-state index contributed by atoms with van der Waals surface area (Å²) in [5.74, 6) is 0.677. The van der Waals surface area contributed by atoms with E-state index < -0.39 is 0 Å². The maximum Gasteiger partial charge on any atom is 0.189 e. The molecule has 28 heavy (non-hydrogen) atoms. The first-order valence-electron chi connectivity index (χ1n) is 10.1. The van der Waals surface area contributed by atoms with E-state index in [-0.39, 0.29) is 5.78 Å². The Hall–Kier alpha value is -3.01. The lowest BCUT2D eigenvalue weighted by atomic mass is 10.0. The van der Waals surface area contributed by atoms with E-state index in [1.807, 2.05) is 55.6 Å². The molecule has 0 saturated carbocycles. The summed E-state index contributed by atoms with van der Waals surface area (Å²) in [5, 5.41) is 1.11. The predicted octanol–water partition coefficient (Wildman–Crippen LogP) is 5.45. The van der Waals surface area contributed by atoms with Crippen molar-refractivity contribution in [2.75, 3.05) is 24.6 Å². The van der Waals surface area contributed by atoms with Crippen LogP contribution in [0, 0.1) is 0 Å². The van der Waals surface area contributed by atoms with Crippen molar-refractivity contribution in [2.24, 2.45) is 0 Å². The summed E-state index contributed by atoms with van der Waals surface area (Å²) in [6.45, 7) is 4.53. The second kappa shape index (κ2) is 8.34. The number of ketones is 1. The number of carbonyl (C=O) groups is 1. The SMILES string of the molecule is CCOc1c(C(=O)C=Cc2cccc3[nH]ccc23)cccc1N1CCCCC1. The summed E-state index contributed by atoms with van der Waals surface area (Å²) in [4.78, 5) is 18.6. The molecule has 2 heterocycles. The lowest BCUT2D eigenvalue weighted by Crippen LogP contribution is -2.30. The highest BCUT2D eigenvalue weighted by Crippen LogP contribution is 2.34. The average Bonchev–Trinajstić information content (AvgIpc) is 3.22. The number of nitrogens with one attached hydrogen (secondary N) is 1. The summed E-state index contributed by atoms with van der Waals surface area (Å²) < 4.78 is 5.95. The Morgan fingerprint density at radius 2 is 1.93 bits per heavy atom. The molecular weight excluding hydrogens is 348 g/mol. The molecule has 0 amide bonds. The molecular formula is C24H26N2O2. The number of piperidine rings is 1. The van der Waals surface area contributed by atoms with E-state index >= 15 is 0 Å².